The summed E-state index contributed by atoms with van der Waals surface area (Å²) in [6.45, 7) is 2.31. The summed E-state index contributed by atoms with van der Waals surface area (Å²) >= 11 is 0. The fourth-order valence-corrected chi connectivity index (χ4v) is 1.15. The molecule has 0 fully saturated rings. The van der Waals surface area contributed by atoms with Crippen LogP contribution in [0.5, 0.6) is 0 Å². The first-order chi connectivity index (χ1) is 7.20. The molecule has 0 bridgehead atoms. The lowest BCUT2D eigenvalue weighted by atomic mass is 10.2. The van der Waals surface area contributed by atoms with Crippen LogP contribution in [0.25, 0.3) is 0 Å². The molecule has 0 aliphatic rings. The van der Waals surface area contributed by atoms with Crippen molar-refractivity contribution >= 4 is 11.8 Å². The van der Waals surface area contributed by atoms with Crippen LogP contribution in [0, 0.1) is 0 Å². The summed E-state index contributed by atoms with van der Waals surface area (Å²) < 4.78 is 4.88. The van der Waals surface area contributed by atoms with E-state index in [-0.39, 0.29) is 31.3 Å². The van der Waals surface area contributed by atoms with Crippen LogP contribution in [-0.4, -0.2) is 24.9 Å². The zero-order valence-electron chi connectivity index (χ0n) is 9.46. The Bertz CT molecular complexity index is 192. The number of carbonyl (C=O) groups is 2. The van der Waals surface area contributed by atoms with Gasteiger partial charge in [0, 0.05) is 12.8 Å². The summed E-state index contributed by atoms with van der Waals surface area (Å²) in [5, 5.41) is 0. The van der Waals surface area contributed by atoms with E-state index in [1.807, 2.05) is 0 Å². The number of rotatable bonds is 9. The minimum absolute atomic E-state index is 0.0219. The third-order valence-electron chi connectivity index (χ3n) is 2.11. The van der Waals surface area contributed by atoms with Crippen molar-refractivity contribution in [2.75, 3.05) is 13.2 Å². The molecule has 88 valence electrons. The molecule has 0 atom stereocenters. The monoisotopic (exact) mass is 215 g/mol. The number of carbonyl (C=O) groups excluding carboxylic acids is 2. The molecule has 0 aromatic rings. The Morgan fingerprint density at radius 2 is 1.87 bits per heavy atom. The minimum Gasteiger partial charge on any atom is -0.465 e. The van der Waals surface area contributed by atoms with Crippen LogP contribution in [0.15, 0.2) is 0 Å². The lowest BCUT2D eigenvalue weighted by Crippen LogP contribution is -2.16. The number of ether oxygens (including phenoxy) is 1. The van der Waals surface area contributed by atoms with Gasteiger partial charge in [0.1, 0.15) is 5.78 Å². The Morgan fingerprint density at radius 3 is 2.47 bits per heavy atom. The largest absolute Gasteiger partial charge is 0.465 e. The highest BCUT2D eigenvalue weighted by atomic mass is 16.5. The van der Waals surface area contributed by atoms with Crippen LogP contribution in [0.4, 0.5) is 0 Å². The molecule has 0 saturated heterocycles. The van der Waals surface area contributed by atoms with Crippen LogP contribution in [0.2, 0.25) is 0 Å². The van der Waals surface area contributed by atoms with Crippen LogP contribution in [-0.2, 0) is 14.3 Å². The molecule has 2 N–H and O–H groups in total. The molecule has 4 heteroatoms. The van der Waals surface area contributed by atoms with Gasteiger partial charge >= 0.3 is 5.97 Å². The number of unbranched alkanes of at least 4 members (excludes halogenated alkanes) is 3. The molecular formula is C11H21NO3. The molecule has 4 nitrogen and oxygen atoms in total. The molecule has 0 aliphatic carbocycles. The molecule has 0 aromatic heterocycles. The predicted octanol–water partition coefficient (Wildman–Crippen LogP) is 1.42. The third-order valence-corrected chi connectivity index (χ3v) is 2.11. The summed E-state index contributed by atoms with van der Waals surface area (Å²) in [5.74, 6) is -0.287. The van der Waals surface area contributed by atoms with E-state index in [0.29, 0.717) is 6.42 Å². The molecular weight excluding hydrogens is 194 g/mol. The van der Waals surface area contributed by atoms with Gasteiger partial charge in [0.2, 0.25) is 0 Å². The maximum atomic E-state index is 11.1. The van der Waals surface area contributed by atoms with Gasteiger partial charge in [-0.1, -0.05) is 26.2 Å². The minimum atomic E-state index is -0.212. The molecule has 0 rings (SSSR count). The van der Waals surface area contributed by atoms with Gasteiger partial charge in [-0.05, 0) is 6.42 Å². The van der Waals surface area contributed by atoms with E-state index in [1.54, 1.807) is 0 Å². The normalized spacial score (nSPS) is 10.0. The average molecular weight is 215 g/mol. The van der Waals surface area contributed by atoms with E-state index in [1.165, 1.54) is 0 Å². The van der Waals surface area contributed by atoms with E-state index in [2.05, 4.69) is 6.92 Å². The number of esters is 1. The van der Waals surface area contributed by atoms with Gasteiger partial charge in [-0.15, -0.1) is 0 Å². The smallest absolute Gasteiger partial charge is 0.305 e. The highest BCUT2D eigenvalue weighted by molar-refractivity contribution is 5.80. The third kappa shape index (κ3) is 9.41. The number of Topliss-reactive ketones (excluding diaryl/α,β-unsaturated/α-hetero) is 1. The molecule has 0 heterocycles. The first kappa shape index (κ1) is 14.1. The zero-order chi connectivity index (χ0) is 11.5. The molecule has 15 heavy (non-hydrogen) atoms. The Kier molecular flexibility index (Phi) is 9.07. The van der Waals surface area contributed by atoms with Crippen LogP contribution in [0.3, 0.4) is 0 Å². The standard InChI is InChI=1S/C11H21NO3/c1-2-3-4-5-6-11(14)15-8-7-10(13)9-12/h2-9,12H2,1H3. The molecule has 0 unspecified atom stereocenters. The highest BCUT2D eigenvalue weighted by Crippen LogP contribution is 2.03. The van der Waals surface area contributed by atoms with Gasteiger partial charge in [-0.25, -0.2) is 0 Å². The van der Waals surface area contributed by atoms with Crippen LogP contribution < -0.4 is 5.73 Å². The number of hydrogen-bond acceptors (Lipinski definition) is 4. The second-order valence-corrected chi connectivity index (χ2v) is 3.52. The number of hydrogen-bond donors (Lipinski definition) is 1. The summed E-state index contributed by atoms with van der Waals surface area (Å²) in [7, 11) is 0. The first-order valence-corrected chi connectivity index (χ1v) is 5.58. The second-order valence-electron chi connectivity index (χ2n) is 3.52. The van der Waals surface area contributed by atoms with Crippen molar-refractivity contribution in [2.24, 2.45) is 5.73 Å². The molecule has 0 radical (unpaired) electrons. The maximum Gasteiger partial charge on any atom is 0.305 e. The lowest BCUT2D eigenvalue weighted by molar-refractivity contribution is -0.144. The van der Waals surface area contributed by atoms with E-state index in [0.717, 1.165) is 25.7 Å². The Morgan fingerprint density at radius 1 is 1.13 bits per heavy atom. The molecule has 0 amide bonds. The van der Waals surface area contributed by atoms with Gasteiger partial charge in [-0.3, -0.25) is 9.59 Å². The Hall–Kier alpha value is -0.900. The van der Waals surface area contributed by atoms with E-state index in [4.69, 9.17) is 10.5 Å². The van der Waals surface area contributed by atoms with E-state index >= 15 is 0 Å². The SMILES string of the molecule is CCCCCCC(=O)OCCC(=O)CN. The predicted molar refractivity (Wildman–Crippen MR) is 58.4 cm³/mol. The average Bonchev–Trinajstić information content (AvgIpc) is 2.24. The fraction of sp³-hybridized carbons (Fsp3) is 0.818. The van der Waals surface area contributed by atoms with Gasteiger partial charge in [0.25, 0.3) is 0 Å². The van der Waals surface area contributed by atoms with Gasteiger partial charge in [0.15, 0.2) is 0 Å². The van der Waals surface area contributed by atoms with Crippen molar-refractivity contribution in [1.29, 1.82) is 0 Å². The van der Waals surface area contributed by atoms with Crippen molar-refractivity contribution in [3.05, 3.63) is 0 Å². The van der Waals surface area contributed by atoms with Crippen molar-refractivity contribution in [1.82, 2.24) is 0 Å². The highest BCUT2D eigenvalue weighted by Gasteiger charge is 2.04. The van der Waals surface area contributed by atoms with Crippen LogP contribution in [0.1, 0.15) is 45.4 Å². The quantitative estimate of drug-likeness (QED) is 0.466. The van der Waals surface area contributed by atoms with Crippen LogP contribution >= 0.6 is 0 Å². The summed E-state index contributed by atoms with van der Waals surface area (Å²) in [6, 6.07) is 0. The van der Waals surface area contributed by atoms with E-state index in [9.17, 15) is 9.59 Å². The number of ketones is 1. The summed E-state index contributed by atoms with van der Waals surface area (Å²) in [5.41, 5.74) is 5.11. The maximum absolute atomic E-state index is 11.1. The van der Waals surface area contributed by atoms with Crippen molar-refractivity contribution < 1.29 is 14.3 Å². The molecule has 0 aliphatic heterocycles. The molecule has 0 spiro atoms. The first-order valence-electron chi connectivity index (χ1n) is 5.58. The lowest BCUT2D eigenvalue weighted by Gasteiger charge is -2.03. The van der Waals surface area contributed by atoms with Gasteiger partial charge < -0.3 is 10.5 Å². The fourth-order valence-electron chi connectivity index (χ4n) is 1.15. The Labute approximate surface area is 91.2 Å². The van der Waals surface area contributed by atoms with Crippen molar-refractivity contribution in [3.8, 4) is 0 Å². The molecule has 0 aromatic carbocycles. The summed E-state index contributed by atoms with van der Waals surface area (Å²) in [4.78, 5) is 21.9. The number of nitrogens with two attached hydrogens (primary N) is 1. The van der Waals surface area contributed by atoms with Crippen molar-refractivity contribution in [2.45, 2.75) is 45.4 Å². The zero-order valence-corrected chi connectivity index (χ0v) is 9.46. The summed E-state index contributed by atoms with van der Waals surface area (Å²) in [6.07, 6.45) is 4.93. The van der Waals surface area contributed by atoms with Crippen molar-refractivity contribution in [3.63, 3.8) is 0 Å². The van der Waals surface area contributed by atoms with E-state index < -0.39 is 0 Å². The van der Waals surface area contributed by atoms with Gasteiger partial charge in [-0.2, -0.15) is 0 Å². The van der Waals surface area contributed by atoms with Gasteiger partial charge in [0.05, 0.1) is 13.2 Å². The molecule has 0 saturated carbocycles. The second kappa shape index (κ2) is 9.65. The topological polar surface area (TPSA) is 69.4 Å². The Balaban J connectivity index is 3.29.